The van der Waals surface area contributed by atoms with Crippen molar-refractivity contribution >= 4 is 11.7 Å². The fraction of sp³-hybridized carbons (Fsp3) is 0.429. The average Bonchev–Trinajstić information content (AvgIpc) is 2.90. The topological polar surface area (TPSA) is 96.9 Å². The van der Waals surface area contributed by atoms with E-state index < -0.39 is 5.54 Å². The lowest BCUT2D eigenvalue weighted by molar-refractivity contribution is -0.123. The number of nitrogens with one attached hydrogen (secondary N) is 1. The molecule has 0 bridgehead atoms. The van der Waals surface area contributed by atoms with Crippen LogP contribution in [-0.2, 0) is 4.79 Å². The summed E-state index contributed by atoms with van der Waals surface area (Å²) < 4.78 is 5.50. The number of oxime groups is 1. The second kappa shape index (κ2) is 5.40. The molecule has 108 valence electrons. The van der Waals surface area contributed by atoms with E-state index in [1.807, 2.05) is 31.2 Å². The number of amides is 1. The molecule has 1 aliphatic rings. The molecule has 0 aliphatic carbocycles. The van der Waals surface area contributed by atoms with Crippen molar-refractivity contribution in [3.63, 3.8) is 0 Å². The Hall–Kier alpha value is -2.24. The van der Waals surface area contributed by atoms with Crippen LogP contribution in [0.2, 0.25) is 0 Å². The van der Waals surface area contributed by atoms with Crippen LogP contribution in [0.25, 0.3) is 0 Å². The van der Waals surface area contributed by atoms with Crippen molar-refractivity contribution in [1.82, 2.24) is 5.32 Å². The Morgan fingerprint density at radius 2 is 2.30 bits per heavy atom. The summed E-state index contributed by atoms with van der Waals surface area (Å²) >= 11 is 0. The van der Waals surface area contributed by atoms with E-state index >= 15 is 0 Å². The predicted octanol–water partition coefficient (Wildman–Crippen LogP) is 1.19. The van der Waals surface area contributed by atoms with Gasteiger partial charge in [0.2, 0.25) is 5.91 Å². The minimum absolute atomic E-state index is 0.0134. The number of carbonyl (C=O) groups is 1. The first-order valence-corrected chi connectivity index (χ1v) is 6.53. The minimum Gasteiger partial charge on any atom is -0.492 e. The van der Waals surface area contributed by atoms with Crippen molar-refractivity contribution in [2.75, 3.05) is 6.61 Å². The zero-order chi connectivity index (χ0) is 14.8. The number of nitrogens with zero attached hydrogens (tertiary/aromatic N) is 1. The summed E-state index contributed by atoms with van der Waals surface area (Å²) in [7, 11) is 0. The maximum atomic E-state index is 12.4. The van der Waals surface area contributed by atoms with Crippen molar-refractivity contribution < 1.29 is 14.7 Å². The van der Waals surface area contributed by atoms with E-state index in [0.717, 1.165) is 11.3 Å². The van der Waals surface area contributed by atoms with Gasteiger partial charge in [-0.3, -0.25) is 4.79 Å². The summed E-state index contributed by atoms with van der Waals surface area (Å²) in [6.07, 6.45) is 0.518. The highest BCUT2D eigenvalue weighted by Gasteiger charge is 2.36. The van der Waals surface area contributed by atoms with Crippen LogP contribution >= 0.6 is 0 Å². The SMILES string of the molecule is CCC(C)(NC(=O)C1COc2ccccc21)C(N)=NO. The van der Waals surface area contributed by atoms with Gasteiger partial charge in [-0.15, -0.1) is 0 Å². The highest BCUT2D eigenvalue weighted by atomic mass is 16.5. The fourth-order valence-electron chi connectivity index (χ4n) is 2.18. The Morgan fingerprint density at radius 1 is 1.60 bits per heavy atom. The van der Waals surface area contributed by atoms with E-state index in [1.165, 1.54) is 0 Å². The third-order valence-electron chi connectivity index (χ3n) is 3.80. The Bertz CT molecular complexity index is 544. The van der Waals surface area contributed by atoms with Gasteiger partial charge in [-0.05, 0) is 19.4 Å². The molecule has 2 rings (SSSR count). The molecule has 4 N–H and O–H groups in total. The third-order valence-corrected chi connectivity index (χ3v) is 3.80. The standard InChI is InChI=1S/C14H19N3O3/c1-3-14(2,13(15)17-19)16-12(18)10-8-20-11-7-5-4-6-9(10)11/h4-7,10,19H,3,8H2,1-2H3,(H2,15,17)(H,16,18). The van der Waals surface area contributed by atoms with Crippen LogP contribution in [-0.4, -0.2) is 29.1 Å². The molecule has 1 aromatic rings. The number of fused-ring (bicyclic) bond motifs is 1. The van der Waals surface area contributed by atoms with Crippen LogP contribution in [0.5, 0.6) is 5.75 Å². The van der Waals surface area contributed by atoms with Crippen LogP contribution in [0.1, 0.15) is 31.7 Å². The molecule has 20 heavy (non-hydrogen) atoms. The van der Waals surface area contributed by atoms with E-state index in [0.29, 0.717) is 13.0 Å². The monoisotopic (exact) mass is 277 g/mol. The van der Waals surface area contributed by atoms with Gasteiger partial charge in [0.05, 0.1) is 5.54 Å². The van der Waals surface area contributed by atoms with Gasteiger partial charge in [0.25, 0.3) is 0 Å². The number of ether oxygens (including phenoxy) is 1. The number of hydrogen-bond acceptors (Lipinski definition) is 4. The molecule has 1 aromatic carbocycles. The van der Waals surface area contributed by atoms with Crippen molar-refractivity contribution in [2.45, 2.75) is 31.7 Å². The first-order valence-electron chi connectivity index (χ1n) is 6.53. The van der Waals surface area contributed by atoms with Gasteiger partial charge >= 0.3 is 0 Å². The summed E-state index contributed by atoms with van der Waals surface area (Å²) in [6.45, 7) is 3.89. The van der Waals surface area contributed by atoms with Crippen LogP contribution in [0, 0.1) is 0 Å². The van der Waals surface area contributed by atoms with Gasteiger partial charge < -0.3 is 21.0 Å². The maximum Gasteiger partial charge on any atom is 0.231 e. The number of para-hydroxylation sites is 1. The smallest absolute Gasteiger partial charge is 0.231 e. The Kier molecular flexibility index (Phi) is 3.83. The van der Waals surface area contributed by atoms with Gasteiger partial charge in [-0.2, -0.15) is 0 Å². The largest absolute Gasteiger partial charge is 0.492 e. The Balaban J connectivity index is 2.18. The summed E-state index contributed by atoms with van der Waals surface area (Å²) in [6, 6.07) is 7.45. The van der Waals surface area contributed by atoms with Crippen LogP contribution in [0.15, 0.2) is 29.4 Å². The molecule has 1 amide bonds. The zero-order valence-electron chi connectivity index (χ0n) is 11.6. The van der Waals surface area contributed by atoms with Gasteiger partial charge in [0.1, 0.15) is 18.3 Å². The number of amidine groups is 1. The molecule has 0 saturated heterocycles. The van der Waals surface area contributed by atoms with Crippen molar-refractivity contribution in [3.8, 4) is 5.75 Å². The van der Waals surface area contributed by atoms with Crippen molar-refractivity contribution in [1.29, 1.82) is 0 Å². The molecule has 6 heteroatoms. The van der Waals surface area contributed by atoms with E-state index in [4.69, 9.17) is 15.7 Å². The van der Waals surface area contributed by atoms with Crippen molar-refractivity contribution in [2.24, 2.45) is 10.9 Å². The molecule has 0 saturated carbocycles. The highest BCUT2D eigenvalue weighted by Crippen LogP contribution is 2.33. The van der Waals surface area contributed by atoms with E-state index in [2.05, 4.69) is 10.5 Å². The zero-order valence-corrected chi connectivity index (χ0v) is 11.6. The second-order valence-electron chi connectivity index (χ2n) is 5.06. The van der Waals surface area contributed by atoms with E-state index in [9.17, 15) is 4.79 Å². The number of rotatable bonds is 4. The molecule has 0 aromatic heterocycles. The minimum atomic E-state index is -0.872. The van der Waals surface area contributed by atoms with E-state index in [-0.39, 0.29) is 17.7 Å². The number of nitrogens with two attached hydrogens (primary N) is 1. The number of carbonyl (C=O) groups excluding carboxylic acids is 1. The molecule has 0 radical (unpaired) electrons. The third kappa shape index (κ3) is 2.41. The summed E-state index contributed by atoms with van der Waals surface area (Å²) in [5.74, 6) is 0.157. The van der Waals surface area contributed by atoms with Crippen molar-refractivity contribution in [3.05, 3.63) is 29.8 Å². The second-order valence-corrected chi connectivity index (χ2v) is 5.06. The van der Waals surface area contributed by atoms with Gasteiger partial charge in [0, 0.05) is 5.56 Å². The fourth-order valence-corrected chi connectivity index (χ4v) is 2.18. The van der Waals surface area contributed by atoms with Gasteiger partial charge in [-0.1, -0.05) is 30.3 Å². The van der Waals surface area contributed by atoms with Gasteiger partial charge in [0.15, 0.2) is 5.84 Å². The number of hydrogen-bond donors (Lipinski definition) is 3. The lowest BCUT2D eigenvalue weighted by Gasteiger charge is -2.29. The van der Waals surface area contributed by atoms with E-state index in [1.54, 1.807) is 6.92 Å². The number of benzene rings is 1. The lowest BCUT2D eigenvalue weighted by Crippen LogP contribution is -2.56. The summed E-state index contributed by atoms with van der Waals surface area (Å²) in [5.41, 5.74) is 5.65. The van der Waals surface area contributed by atoms with Crippen LogP contribution < -0.4 is 15.8 Å². The van der Waals surface area contributed by atoms with Crippen LogP contribution in [0.4, 0.5) is 0 Å². The lowest BCUT2D eigenvalue weighted by atomic mass is 9.94. The molecule has 1 aliphatic heterocycles. The predicted molar refractivity (Wildman–Crippen MR) is 74.9 cm³/mol. The maximum absolute atomic E-state index is 12.4. The highest BCUT2D eigenvalue weighted by molar-refractivity contribution is 5.95. The Labute approximate surface area is 117 Å². The average molecular weight is 277 g/mol. The molecule has 1 heterocycles. The summed E-state index contributed by atoms with van der Waals surface area (Å²) in [5, 5.41) is 14.7. The first kappa shape index (κ1) is 14.2. The molecule has 0 fully saturated rings. The molecular formula is C14H19N3O3. The molecular weight excluding hydrogens is 258 g/mol. The molecule has 0 spiro atoms. The summed E-state index contributed by atoms with van der Waals surface area (Å²) in [4.78, 5) is 12.4. The normalized spacial score (nSPS) is 20.7. The first-order chi connectivity index (χ1) is 9.51. The quantitative estimate of drug-likeness (QED) is 0.333. The van der Waals surface area contributed by atoms with Gasteiger partial charge in [-0.25, -0.2) is 0 Å². The van der Waals surface area contributed by atoms with Crippen LogP contribution in [0.3, 0.4) is 0 Å². The molecule has 2 unspecified atom stereocenters. The Morgan fingerprint density at radius 3 is 2.95 bits per heavy atom. The molecule has 6 nitrogen and oxygen atoms in total. The molecule has 2 atom stereocenters.